The number of benzene rings is 2. The molecule has 1 saturated heterocycles. The van der Waals surface area contributed by atoms with Crippen molar-refractivity contribution in [3.8, 4) is 0 Å². The Bertz CT molecular complexity index is 1130. The van der Waals surface area contributed by atoms with Crippen molar-refractivity contribution in [2.45, 2.75) is 36.9 Å². The maximum Gasteiger partial charge on any atom is 0.335 e. The van der Waals surface area contributed by atoms with Gasteiger partial charge in [-0.05, 0) is 24.3 Å². The number of aliphatic imine (C=N–C) groups is 1. The number of fused-ring (bicyclic) bond motifs is 1. The molecule has 1 fully saturated rings. The number of anilines is 1. The number of carboxylic acid groups (broad SMARTS) is 1. The number of ether oxygens (including phenoxy) is 2. The zero-order valence-corrected chi connectivity index (χ0v) is 18.1. The maximum atomic E-state index is 12.9. The van der Waals surface area contributed by atoms with Gasteiger partial charge >= 0.3 is 5.97 Å². The molecule has 0 spiro atoms. The molecule has 0 aliphatic carbocycles. The molecule has 2 aromatic carbocycles. The lowest BCUT2D eigenvalue weighted by Crippen LogP contribution is -2.61. The highest BCUT2D eigenvalue weighted by Gasteiger charge is 2.48. The number of hydrogen-bond donors (Lipinski definition) is 5. The minimum Gasteiger partial charge on any atom is -0.479 e. The van der Waals surface area contributed by atoms with E-state index >= 15 is 0 Å². The van der Waals surface area contributed by atoms with Crippen molar-refractivity contribution in [2.75, 3.05) is 5.32 Å². The highest BCUT2D eigenvalue weighted by atomic mass is 35.5. The Kier molecular flexibility index (Phi) is 6.68. The van der Waals surface area contributed by atoms with Gasteiger partial charge in [0.2, 0.25) is 6.23 Å². The predicted octanol–water partition coefficient (Wildman–Crippen LogP) is 1.02. The Labute approximate surface area is 197 Å². The largest absolute Gasteiger partial charge is 0.479 e. The molecule has 1 unspecified atom stereocenters. The molecule has 0 radical (unpaired) electrons. The van der Waals surface area contributed by atoms with E-state index in [1.165, 1.54) is 0 Å². The number of aliphatic hydroxyl groups is 3. The Morgan fingerprint density at radius 3 is 2.45 bits per heavy atom. The van der Waals surface area contributed by atoms with E-state index in [0.717, 1.165) is 0 Å². The van der Waals surface area contributed by atoms with Gasteiger partial charge in [0.15, 0.2) is 12.4 Å². The number of nitrogens with one attached hydrogen (secondary N) is 1. The molecule has 5 N–H and O–H groups in total. The molecule has 4 rings (SSSR count). The number of aliphatic carboxylic acids is 1. The van der Waals surface area contributed by atoms with Crippen molar-refractivity contribution in [2.24, 2.45) is 4.99 Å². The topological polar surface area (TPSA) is 158 Å². The number of benzodiazepines with no additional fused rings is 1. The van der Waals surface area contributed by atoms with Gasteiger partial charge in [-0.3, -0.25) is 4.79 Å². The number of rotatable bonds is 4. The smallest absolute Gasteiger partial charge is 0.335 e. The molecule has 1 amide bonds. The maximum absolute atomic E-state index is 12.9. The van der Waals surface area contributed by atoms with Gasteiger partial charge in [-0.25, -0.2) is 9.79 Å². The van der Waals surface area contributed by atoms with E-state index in [4.69, 9.17) is 32.7 Å². The Hall–Kier alpha value is -2.57. The monoisotopic (exact) mass is 496 g/mol. The summed E-state index contributed by atoms with van der Waals surface area (Å²) in [7, 11) is 0. The van der Waals surface area contributed by atoms with Crippen molar-refractivity contribution < 1.29 is 39.5 Å². The third-order valence-corrected chi connectivity index (χ3v) is 5.73. The molecule has 12 heteroatoms. The van der Waals surface area contributed by atoms with E-state index in [-0.39, 0.29) is 5.71 Å². The SMILES string of the molecule is O=C1Nc2ccc(Cl)cc2C(c2ccccc2Cl)=NC1O[C@@H]1O[C@H](C(=O)O)[C@@H](O)[C@H](O)[C@H]1O. The van der Waals surface area contributed by atoms with E-state index in [1.54, 1.807) is 42.5 Å². The Morgan fingerprint density at radius 2 is 1.76 bits per heavy atom. The predicted molar refractivity (Wildman–Crippen MR) is 116 cm³/mol. The van der Waals surface area contributed by atoms with E-state index < -0.39 is 48.8 Å². The first-order valence-corrected chi connectivity index (χ1v) is 10.4. The number of carbonyl (C=O) groups excluding carboxylic acids is 1. The first-order chi connectivity index (χ1) is 15.7. The van der Waals surface area contributed by atoms with Gasteiger partial charge in [-0.2, -0.15) is 0 Å². The summed E-state index contributed by atoms with van der Waals surface area (Å²) >= 11 is 12.5. The molecule has 2 aromatic rings. The van der Waals surface area contributed by atoms with Crippen LogP contribution in [0.3, 0.4) is 0 Å². The molecule has 2 aliphatic rings. The summed E-state index contributed by atoms with van der Waals surface area (Å²) in [5.41, 5.74) is 1.50. The lowest BCUT2D eigenvalue weighted by Gasteiger charge is -2.39. The fourth-order valence-corrected chi connectivity index (χ4v) is 3.91. The van der Waals surface area contributed by atoms with E-state index in [1.807, 2.05) is 0 Å². The van der Waals surface area contributed by atoms with Crippen LogP contribution in [0.25, 0.3) is 0 Å². The number of halogens is 2. The van der Waals surface area contributed by atoms with Gasteiger partial charge < -0.3 is 35.2 Å². The number of carboxylic acids is 1. The summed E-state index contributed by atoms with van der Waals surface area (Å²) in [5, 5.41) is 42.7. The van der Waals surface area contributed by atoms with Gasteiger partial charge in [0.05, 0.1) is 11.4 Å². The van der Waals surface area contributed by atoms with Gasteiger partial charge in [-0.15, -0.1) is 0 Å². The van der Waals surface area contributed by atoms with Crippen LogP contribution in [-0.2, 0) is 19.1 Å². The fraction of sp³-hybridized carbons (Fsp3) is 0.286. The second kappa shape index (κ2) is 9.35. The van der Waals surface area contributed by atoms with E-state index in [0.29, 0.717) is 26.9 Å². The first kappa shape index (κ1) is 23.6. The van der Waals surface area contributed by atoms with Gasteiger partial charge in [0.1, 0.15) is 18.3 Å². The molecule has 0 bridgehead atoms. The van der Waals surface area contributed by atoms with Crippen LogP contribution in [0, 0.1) is 0 Å². The zero-order chi connectivity index (χ0) is 23.9. The van der Waals surface area contributed by atoms with Crippen LogP contribution in [-0.4, -0.2) is 74.9 Å². The fourth-order valence-electron chi connectivity index (χ4n) is 3.51. The van der Waals surface area contributed by atoms with Gasteiger partial charge in [-0.1, -0.05) is 41.4 Å². The molecule has 10 nitrogen and oxygen atoms in total. The van der Waals surface area contributed by atoms with E-state index in [9.17, 15) is 30.0 Å². The van der Waals surface area contributed by atoms with Crippen molar-refractivity contribution in [3.05, 3.63) is 63.6 Å². The zero-order valence-electron chi connectivity index (χ0n) is 16.6. The minimum absolute atomic E-state index is 0.238. The molecular weight excluding hydrogens is 479 g/mol. The van der Waals surface area contributed by atoms with Crippen LogP contribution >= 0.6 is 23.2 Å². The minimum atomic E-state index is -1.91. The molecule has 174 valence electrons. The standard InChI is InChI=1S/C21H18Cl2N2O8/c22-8-5-6-12-10(7-8)13(9-3-1-2-4-11(9)23)25-19(18(29)24-12)33-21-16(28)14(26)15(27)17(32-21)20(30)31/h1-7,14-17,19,21,26-28H,(H,24,29)(H,30,31)/t14-,15-,16+,17-,19?,21-/m0/s1. The lowest BCUT2D eigenvalue weighted by molar-refractivity contribution is -0.300. The van der Waals surface area contributed by atoms with Gasteiger partial charge in [0, 0.05) is 21.2 Å². The number of carbonyl (C=O) groups is 2. The molecule has 2 heterocycles. The highest BCUT2D eigenvalue weighted by molar-refractivity contribution is 6.36. The molecule has 33 heavy (non-hydrogen) atoms. The third-order valence-electron chi connectivity index (χ3n) is 5.17. The summed E-state index contributed by atoms with van der Waals surface area (Å²) in [6.07, 6.45) is -11.0. The average Bonchev–Trinajstić information content (AvgIpc) is 2.90. The average molecular weight is 497 g/mol. The van der Waals surface area contributed by atoms with Gasteiger partial charge in [0.25, 0.3) is 5.91 Å². The molecule has 2 aliphatic heterocycles. The molecule has 0 saturated carbocycles. The van der Waals surface area contributed by atoms with Crippen LogP contribution in [0.2, 0.25) is 10.0 Å². The van der Waals surface area contributed by atoms with Crippen LogP contribution < -0.4 is 5.32 Å². The van der Waals surface area contributed by atoms with Crippen molar-refractivity contribution in [3.63, 3.8) is 0 Å². The van der Waals surface area contributed by atoms with Crippen molar-refractivity contribution in [1.29, 1.82) is 0 Å². The van der Waals surface area contributed by atoms with Crippen molar-refractivity contribution >= 4 is 46.5 Å². The van der Waals surface area contributed by atoms with Crippen LogP contribution in [0.1, 0.15) is 11.1 Å². The first-order valence-electron chi connectivity index (χ1n) is 9.69. The van der Waals surface area contributed by atoms with Crippen LogP contribution in [0.15, 0.2) is 47.5 Å². The van der Waals surface area contributed by atoms with E-state index in [2.05, 4.69) is 10.3 Å². The van der Waals surface area contributed by atoms with Crippen molar-refractivity contribution in [1.82, 2.24) is 0 Å². The number of aliphatic hydroxyl groups excluding tert-OH is 3. The Balaban J connectivity index is 1.75. The third kappa shape index (κ3) is 4.59. The molecule has 6 atom stereocenters. The second-order valence-corrected chi connectivity index (χ2v) is 8.20. The quantitative estimate of drug-likeness (QED) is 0.419. The summed E-state index contributed by atoms with van der Waals surface area (Å²) in [4.78, 5) is 28.6. The molecular formula is C21H18Cl2N2O8. The summed E-state index contributed by atoms with van der Waals surface area (Å²) in [6, 6.07) is 11.4. The number of hydrogen-bond acceptors (Lipinski definition) is 8. The molecule has 0 aromatic heterocycles. The number of amides is 1. The summed E-state index contributed by atoms with van der Waals surface area (Å²) in [6.45, 7) is 0. The highest BCUT2D eigenvalue weighted by Crippen LogP contribution is 2.31. The number of nitrogens with zero attached hydrogens (tertiary/aromatic N) is 1. The Morgan fingerprint density at radius 1 is 1.03 bits per heavy atom. The van der Waals surface area contributed by atoms with Crippen LogP contribution in [0.5, 0.6) is 0 Å². The normalized spacial score (nSPS) is 29.5. The lowest BCUT2D eigenvalue weighted by atomic mass is 9.99. The second-order valence-electron chi connectivity index (χ2n) is 7.36. The summed E-state index contributed by atoms with van der Waals surface area (Å²) in [5.74, 6) is -2.35. The summed E-state index contributed by atoms with van der Waals surface area (Å²) < 4.78 is 10.6. The van der Waals surface area contributed by atoms with Crippen LogP contribution in [0.4, 0.5) is 5.69 Å².